The molecule has 0 fully saturated rings. The van der Waals surface area contributed by atoms with Gasteiger partial charge in [-0.2, -0.15) is 0 Å². The van der Waals surface area contributed by atoms with Crippen molar-refractivity contribution in [2.24, 2.45) is 0 Å². The van der Waals surface area contributed by atoms with Crippen molar-refractivity contribution in [1.29, 1.82) is 0 Å². The van der Waals surface area contributed by atoms with Crippen LogP contribution in [0.4, 0.5) is 11.6 Å². The van der Waals surface area contributed by atoms with E-state index in [4.69, 9.17) is 0 Å². The summed E-state index contributed by atoms with van der Waals surface area (Å²) >= 11 is 0. The number of anilines is 2. The Morgan fingerprint density at radius 1 is 1.10 bits per heavy atom. The molecule has 110 valence electrons. The van der Waals surface area contributed by atoms with Crippen molar-refractivity contribution in [1.82, 2.24) is 9.97 Å². The van der Waals surface area contributed by atoms with Crippen molar-refractivity contribution >= 4 is 11.6 Å². The van der Waals surface area contributed by atoms with Gasteiger partial charge in [0.2, 0.25) is 0 Å². The number of fused-ring (bicyclic) bond motifs is 1. The number of nitrogens with one attached hydrogen (secondary N) is 2. The van der Waals surface area contributed by atoms with Crippen LogP contribution in [0.5, 0.6) is 0 Å². The summed E-state index contributed by atoms with van der Waals surface area (Å²) < 4.78 is 0. The van der Waals surface area contributed by atoms with Crippen molar-refractivity contribution in [3.05, 3.63) is 47.3 Å². The van der Waals surface area contributed by atoms with Crippen molar-refractivity contribution < 1.29 is 0 Å². The maximum absolute atomic E-state index is 4.64. The molecule has 1 heterocycles. The molecule has 0 aliphatic heterocycles. The Morgan fingerprint density at radius 2 is 1.76 bits per heavy atom. The molecule has 0 saturated carbocycles. The maximum atomic E-state index is 4.64. The summed E-state index contributed by atoms with van der Waals surface area (Å²) in [6, 6.07) is 11.1. The number of nitrogens with zero attached hydrogens (tertiary/aromatic N) is 2. The Labute approximate surface area is 126 Å². The fourth-order valence-electron chi connectivity index (χ4n) is 2.90. The van der Waals surface area contributed by atoms with Gasteiger partial charge in [0.25, 0.3) is 0 Å². The molecule has 0 saturated heterocycles. The molecule has 1 aliphatic rings. The fraction of sp³-hybridized carbons (Fsp3) is 0.412. The largest absolute Gasteiger partial charge is 0.373 e. The third-order valence-electron chi connectivity index (χ3n) is 3.91. The second kappa shape index (κ2) is 6.12. The summed E-state index contributed by atoms with van der Waals surface area (Å²) in [5.74, 6) is 2.71. The van der Waals surface area contributed by atoms with Crippen LogP contribution in [0, 0.1) is 0 Å². The zero-order chi connectivity index (χ0) is 14.7. The van der Waals surface area contributed by atoms with E-state index >= 15 is 0 Å². The molecule has 2 N–H and O–H groups in total. The first kappa shape index (κ1) is 13.9. The quantitative estimate of drug-likeness (QED) is 0.885. The van der Waals surface area contributed by atoms with Gasteiger partial charge < -0.3 is 10.6 Å². The van der Waals surface area contributed by atoms with Crippen molar-refractivity contribution in [2.45, 2.75) is 38.6 Å². The molecular formula is C17H22N4. The summed E-state index contributed by atoms with van der Waals surface area (Å²) in [5, 5.41) is 6.69. The smallest absolute Gasteiger partial charge is 0.133 e. The monoisotopic (exact) mass is 282 g/mol. The maximum Gasteiger partial charge on any atom is 0.133 e. The highest BCUT2D eigenvalue weighted by Gasteiger charge is 2.21. The van der Waals surface area contributed by atoms with Crippen LogP contribution < -0.4 is 10.6 Å². The molecule has 2 aromatic rings. The Balaban J connectivity index is 1.75. The molecule has 3 rings (SSSR count). The number of aromatic nitrogens is 2. The van der Waals surface area contributed by atoms with Gasteiger partial charge in [-0.25, -0.2) is 9.97 Å². The van der Waals surface area contributed by atoms with Gasteiger partial charge in [-0.05, 0) is 30.4 Å². The van der Waals surface area contributed by atoms with Crippen LogP contribution in [0.25, 0.3) is 0 Å². The van der Waals surface area contributed by atoms with Gasteiger partial charge in [-0.3, -0.25) is 0 Å². The topological polar surface area (TPSA) is 49.8 Å². The molecule has 0 bridgehead atoms. The lowest BCUT2D eigenvalue weighted by Crippen LogP contribution is -2.21. The summed E-state index contributed by atoms with van der Waals surface area (Å²) in [6.45, 7) is 2.15. The third-order valence-corrected chi connectivity index (χ3v) is 3.91. The van der Waals surface area contributed by atoms with E-state index in [0.717, 1.165) is 43.1 Å². The predicted molar refractivity (Wildman–Crippen MR) is 86.8 cm³/mol. The van der Waals surface area contributed by atoms with Gasteiger partial charge in [0.15, 0.2) is 0 Å². The van der Waals surface area contributed by atoms with E-state index < -0.39 is 0 Å². The average Bonchev–Trinajstić information content (AvgIpc) is 2.89. The van der Waals surface area contributed by atoms with Crippen LogP contribution in [0.2, 0.25) is 0 Å². The van der Waals surface area contributed by atoms with Gasteiger partial charge in [0, 0.05) is 25.6 Å². The van der Waals surface area contributed by atoms with E-state index in [-0.39, 0.29) is 0 Å². The van der Waals surface area contributed by atoms with E-state index in [1.54, 1.807) is 0 Å². The molecule has 0 unspecified atom stereocenters. The molecule has 21 heavy (non-hydrogen) atoms. The molecule has 1 aliphatic carbocycles. The number of benzene rings is 1. The first-order chi connectivity index (χ1) is 10.3. The van der Waals surface area contributed by atoms with Gasteiger partial charge in [-0.1, -0.05) is 31.2 Å². The number of aryl methyl sites for hydroxylation is 1. The fourth-order valence-corrected chi connectivity index (χ4v) is 2.90. The van der Waals surface area contributed by atoms with E-state index in [2.05, 4.69) is 51.8 Å². The zero-order valence-electron chi connectivity index (χ0n) is 12.7. The van der Waals surface area contributed by atoms with Crippen LogP contribution in [0.1, 0.15) is 30.3 Å². The second-order valence-corrected chi connectivity index (χ2v) is 5.57. The minimum Gasteiger partial charge on any atom is -0.373 e. The lowest BCUT2D eigenvalue weighted by molar-refractivity contribution is 0.760. The Morgan fingerprint density at radius 3 is 2.38 bits per heavy atom. The lowest BCUT2D eigenvalue weighted by Gasteiger charge is -2.14. The molecular weight excluding hydrogens is 260 g/mol. The predicted octanol–water partition coefficient (Wildman–Crippen LogP) is 3.05. The number of rotatable bonds is 5. The standard InChI is InChI=1S/C17H22N4/c1-3-6-15-20-16(18-2)11-17(21-15)19-14-9-12-7-4-5-8-13(12)10-14/h4-5,7-8,11,14H,3,6,9-10H2,1-2H3,(H2,18,19,20,21). The van der Waals surface area contributed by atoms with Crippen molar-refractivity contribution in [2.75, 3.05) is 17.7 Å². The highest BCUT2D eigenvalue weighted by molar-refractivity contribution is 5.49. The highest BCUT2D eigenvalue weighted by atomic mass is 15.1. The molecule has 1 aromatic heterocycles. The number of hydrogen-bond acceptors (Lipinski definition) is 4. The van der Waals surface area contributed by atoms with Crippen LogP contribution in [-0.4, -0.2) is 23.1 Å². The Hall–Kier alpha value is -2.10. The average molecular weight is 282 g/mol. The molecule has 1 aromatic carbocycles. The minimum atomic E-state index is 0.427. The SMILES string of the molecule is CCCc1nc(NC)cc(NC2Cc3ccccc3C2)n1. The molecule has 4 nitrogen and oxygen atoms in total. The number of hydrogen-bond donors (Lipinski definition) is 2. The van der Waals surface area contributed by atoms with Crippen LogP contribution in [0.15, 0.2) is 30.3 Å². The minimum absolute atomic E-state index is 0.427. The van der Waals surface area contributed by atoms with E-state index in [1.165, 1.54) is 11.1 Å². The highest BCUT2D eigenvalue weighted by Crippen LogP contribution is 2.24. The van der Waals surface area contributed by atoms with E-state index in [9.17, 15) is 0 Å². The Kier molecular flexibility index (Phi) is 4.04. The molecule has 0 atom stereocenters. The van der Waals surface area contributed by atoms with Crippen LogP contribution in [-0.2, 0) is 19.3 Å². The molecule has 4 heteroatoms. The van der Waals surface area contributed by atoms with Gasteiger partial charge >= 0.3 is 0 Å². The summed E-state index contributed by atoms with van der Waals surface area (Å²) in [6.07, 6.45) is 4.10. The van der Waals surface area contributed by atoms with Gasteiger partial charge in [0.1, 0.15) is 17.5 Å². The van der Waals surface area contributed by atoms with Crippen molar-refractivity contribution in [3.8, 4) is 0 Å². The first-order valence-electron chi connectivity index (χ1n) is 7.67. The summed E-state index contributed by atoms with van der Waals surface area (Å²) in [4.78, 5) is 9.13. The summed E-state index contributed by atoms with van der Waals surface area (Å²) in [5.41, 5.74) is 2.90. The zero-order valence-corrected chi connectivity index (χ0v) is 12.7. The molecule has 0 spiro atoms. The molecule has 0 radical (unpaired) electrons. The Bertz CT molecular complexity index is 599. The third kappa shape index (κ3) is 3.15. The normalized spacial score (nSPS) is 14.0. The van der Waals surface area contributed by atoms with Gasteiger partial charge in [-0.15, -0.1) is 0 Å². The van der Waals surface area contributed by atoms with Gasteiger partial charge in [0.05, 0.1) is 0 Å². The first-order valence-corrected chi connectivity index (χ1v) is 7.67. The lowest BCUT2D eigenvalue weighted by atomic mass is 10.1. The van der Waals surface area contributed by atoms with E-state index in [0.29, 0.717) is 6.04 Å². The van der Waals surface area contributed by atoms with Crippen LogP contribution >= 0.6 is 0 Å². The van der Waals surface area contributed by atoms with Crippen LogP contribution in [0.3, 0.4) is 0 Å². The van der Waals surface area contributed by atoms with E-state index in [1.807, 2.05) is 13.1 Å². The molecule has 0 amide bonds. The van der Waals surface area contributed by atoms with Crippen molar-refractivity contribution in [3.63, 3.8) is 0 Å². The second-order valence-electron chi connectivity index (χ2n) is 5.57. The summed E-state index contributed by atoms with van der Waals surface area (Å²) in [7, 11) is 1.90.